The molecule has 1 heterocycles. The predicted molar refractivity (Wildman–Crippen MR) is 81.5 cm³/mol. The van der Waals surface area contributed by atoms with Crippen molar-refractivity contribution in [2.24, 2.45) is 0 Å². The molecule has 88 valence electrons. The molecule has 0 atom stereocenters. The molecular weight excluding hydrogens is 294 g/mol. The van der Waals surface area contributed by atoms with E-state index in [2.05, 4.69) is 71.7 Å². The summed E-state index contributed by atoms with van der Waals surface area (Å²) in [7, 11) is -1.00. The van der Waals surface area contributed by atoms with Crippen molar-refractivity contribution in [1.29, 1.82) is 0 Å². The Morgan fingerprint density at radius 3 is 2.56 bits per heavy atom. The van der Waals surface area contributed by atoms with Gasteiger partial charge < -0.3 is 4.57 Å². The zero-order chi connectivity index (χ0) is 12.0. The van der Waals surface area contributed by atoms with E-state index in [1.54, 1.807) is 0 Å². The summed E-state index contributed by atoms with van der Waals surface area (Å²) in [4.78, 5) is 0. The third-order valence-corrected chi connectivity index (χ3v) is 14.3. The van der Waals surface area contributed by atoms with Gasteiger partial charge in [0, 0.05) is 24.7 Å². The summed E-state index contributed by atoms with van der Waals surface area (Å²) in [5, 5.41) is 0. The molecule has 0 radical (unpaired) electrons. The fraction of sp³-hybridized carbons (Fsp3) is 0.500. The molecular formula is C12H20BrNSi2. The van der Waals surface area contributed by atoms with E-state index in [1.165, 1.54) is 16.2 Å². The van der Waals surface area contributed by atoms with Gasteiger partial charge in [0.1, 0.15) is 7.75 Å². The first-order chi connectivity index (χ1) is 7.33. The number of hydrogen-bond donors (Lipinski definition) is 0. The molecule has 0 N–H and O–H groups in total. The summed E-state index contributed by atoms with van der Waals surface area (Å²) in [5.41, 5.74) is 1.80. The Kier molecular flexibility index (Phi) is 3.10. The zero-order valence-corrected chi connectivity index (χ0v) is 14.5. The topological polar surface area (TPSA) is 3.24 Å². The second-order valence-electron chi connectivity index (χ2n) is 5.94. The Bertz CT molecular complexity index is 388. The fourth-order valence-corrected chi connectivity index (χ4v) is 14.0. The van der Waals surface area contributed by atoms with Crippen LogP contribution in [-0.2, 0) is 0 Å². The summed E-state index contributed by atoms with van der Waals surface area (Å²) in [6.45, 7) is 9.88. The molecule has 0 spiro atoms. The lowest BCUT2D eigenvalue weighted by atomic mass is 10.1. The average Bonchev–Trinajstić information content (AvgIpc) is 2.35. The number of anilines is 1. The molecule has 0 saturated carbocycles. The van der Waals surface area contributed by atoms with Gasteiger partial charge in [0.15, 0.2) is 0 Å². The molecule has 0 bridgehead atoms. The van der Waals surface area contributed by atoms with E-state index in [1.807, 2.05) is 0 Å². The van der Waals surface area contributed by atoms with Crippen LogP contribution in [0.3, 0.4) is 0 Å². The maximum atomic E-state index is 3.58. The Labute approximate surface area is 110 Å². The van der Waals surface area contributed by atoms with Crippen LogP contribution < -0.4 is 4.57 Å². The molecule has 1 fully saturated rings. The van der Waals surface area contributed by atoms with Crippen molar-refractivity contribution in [3.63, 3.8) is 0 Å². The van der Waals surface area contributed by atoms with E-state index in [0.29, 0.717) is 5.54 Å². The molecule has 16 heavy (non-hydrogen) atoms. The molecule has 0 unspecified atom stereocenters. The lowest BCUT2D eigenvalue weighted by Gasteiger charge is -2.42. The highest BCUT2D eigenvalue weighted by Crippen LogP contribution is 2.38. The summed E-state index contributed by atoms with van der Waals surface area (Å²) in [6.07, 6.45) is 0. The highest BCUT2D eigenvalue weighted by atomic mass is 79.9. The highest BCUT2D eigenvalue weighted by molar-refractivity contribution is 9.10. The first-order valence-electron chi connectivity index (χ1n) is 5.89. The van der Waals surface area contributed by atoms with Crippen LogP contribution in [0, 0.1) is 0 Å². The summed E-state index contributed by atoms with van der Waals surface area (Å²) < 4.78 is 3.95. The van der Waals surface area contributed by atoms with E-state index in [9.17, 15) is 0 Å². The molecule has 1 aliphatic rings. The van der Waals surface area contributed by atoms with E-state index in [0.717, 1.165) is 0 Å². The second-order valence-corrected chi connectivity index (χ2v) is 18.6. The smallest absolute Gasteiger partial charge is 0.132 e. The van der Waals surface area contributed by atoms with Crippen LogP contribution in [-0.4, -0.2) is 22.3 Å². The van der Waals surface area contributed by atoms with Crippen molar-refractivity contribution < 1.29 is 0 Å². The Morgan fingerprint density at radius 2 is 2.06 bits per heavy atom. The number of benzene rings is 1. The van der Waals surface area contributed by atoms with E-state index < -0.39 is 7.75 Å². The van der Waals surface area contributed by atoms with Gasteiger partial charge in [-0.05, 0) is 38.1 Å². The van der Waals surface area contributed by atoms with E-state index in [4.69, 9.17) is 0 Å². The predicted octanol–water partition coefficient (Wildman–Crippen LogP) is 3.34. The van der Waals surface area contributed by atoms with Gasteiger partial charge in [0.2, 0.25) is 0 Å². The van der Waals surface area contributed by atoms with Gasteiger partial charge >= 0.3 is 0 Å². The summed E-state index contributed by atoms with van der Waals surface area (Å²) in [5.74, 6) is 0. The Morgan fingerprint density at radius 1 is 1.38 bits per heavy atom. The molecule has 1 aromatic carbocycles. The molecule has 0 aliphatic carbocycles. The molecule has 1 saturated heterocycles. The van der Waals surface area contributed by atoms with Crippen LogP contribution in [0.2, 0.25) is 19.1 Å². The third kappa shape index (κ3) is 2.15. The van der Waals surface area contributed by atoms with Gasteiger partial charge in [-0.3, -0.25) is 0 Å². The second kappa shape index (κ2) is 4.00. The van der Waals surface area contributed by atoms with Crippen LogP contribution >= 0.6 is 15.9 Å². The minimum absolute atomic E-state index is 0.113. The van der Waals surface area contributed by atoms with E-state index in [-0.39, 0.29) is 9.04 Å². The van der Waals surface area contributed by atoms with Crippen molar-refractivity contribution >= 4 is 38.4 Å². The third-order valence-electron chi connectivity index (χ3n) is 3.63. The van der Waals surface area contributed by atoms with Crippen molar-refractivity contribution in [1.82, 2.24) is 0 Å². The van der Waals surface area contributed by atoms with Crippen LogP contribution in [0.1, 0.15) is 13.8 Å². The highest BCUT2D eigenvalue weighted by Gasteiger charge is 2.46. The van der Waals surface area contributed by atoms with Crippen LogP contribution in [0.5, 0.6) is 0 Å². The summed E-state index contributed by atoms with van der Waals surface area (Å²) in [6, 6.07) is 10.3. The number of halogens is 1. The normalized spacial score (nSPS) is 23.9. The van der Waals surface area contributed by atoms with Gasteiger partial charge in [0.25, 0.3) is 0 Å². The Hall–Kier alpha value is -0.0662. The van der Waals surface area contributed by atoms with Gasteiger partial charge in [-0.1, -0.05) is 35.1 Å². The van der Waals surface area contributed by atoms with Gasteiger partial charge in [0.05, 0.1) is 0 Å². The Balaban J connectivity index is 2.45. The molecule has 2 rings (SSSR count). The van der Waals surface area contributed by atoms with Gasteiger partial charge in [-0.25, -0.2) is 0 Å². The fourth-order valence-electron chi connectivity index (χ4n) is 2.97. The standard InChI is InChI=1S/C12H20BrNSi2/c1-12(2)9-15-16(3,4)14(12)11-7-5-6-10(13)8-11/h5-8H,9,15H2,1-4H3. The first kappa shape index (κ1) is 12.4. The molecule has 4 heteroatoms. The van der Waals surface area contributed by atoms with Gasteiger partial charge in [-0.15, -0.1) is 0 Å². The lowest BCUT2D eigenvalue weighted by Crippen LogP contribution is -2.54. The van der Waals surface area contributed by atoms with Crippen molar-refractivity contribution in [3.8, 4) is 0 Å². The minimum atomic E-state index is -1.12. The maximum absolute atomic E-state index is 3.58. The molecule has 0 aromatic heterocycles. The summed E-state index contributed by atoms with van der Waals surface area (Å²) >= 11 is 3.58. The van der Waals surface area contributed by atoms with Crippen molar-refractivity contribution in [3.05, 3.63) is 28.7 Å². The lowest BCUT2D eigenvalue weighted by molar-refractivity contribution is 0.587. The minimum Gasteiger partial charge on any atom is -0.396 e. The number of nitrogens with zero attached hydrogens (tertiary/aromatic N) is 1. The largest absolute Gasteiger partial charge is 0.396 e. The SMILES string of the molecule is CC1(C)C[SiH2][Si](C)(C)N1c1cccc(Br)c1. The van der Waals surface area contributed by atoms with Crippen LogP contribution in [0.15, 0.2) is 28.7 Å². The van der Waals surface area contributed by atoms with Gasteiger partial charge in [-0.2, -0.15) is 0 Å². The first-order valence-corrected chi connectivity index (χ1v) is 13.0. The van der Waals surface area contributed by atoms with Crippen LogP contribution in [0.25, 0.3) is 0 Å². The zero-order valence-electron chi connectivity index (χ0n) is 10.5. The number of rotatable bonds is 1. The molecule has 1 aliphatic heterocycles. The van der Waals surface area contributed by atoms with E-state index >= 15 is 0 Å². The average molecular weight is 314 g/mol. The quantitative estimate of drug-likeness (QED) is 0.719. The van der Waals surface area contributed by atoms with Crippen molar-refractivity contribution in [2.75, 3.05) is 4.57 Å². The van der Waals surface area contributed by atoms with Crippen molar-refractivity contribution in [2.45, 2.75) is 38.5 Å². The molecule has 1 nitrogen and oxygen atoms in total. The maximum Gasteiger partial charge on any atom is 0.132 e. The monoisotopic (exact) mass is 313 g/mol. The molecule has 1 aromatic rings. The van der Waals surface area contributed by atoms with Crippen LogP contribution in [0.4, 0.5) is 5.69 Å². The molecule has 0 amide bonds. The number of hydrogen-bond acceptors (Lipinski definition) is 1.